The summed E-state index contributed by atoms with van der Waals surface area (Å²) in [5, 5.41) is 0. The molecule has 0 aliphatic heterocycles. The molecule has 4 nitrogen and oxygen atoms in total. The van der Waals surface area contributed by atoms with Crippen LogP contribution in [-0.2, 0) is 19.1 Å². The highest BCUT2D eigenvalue weighted by molar-refractivity contribution is 6.04. The molecule has 110 valence electrons. The van der Waals surface area contributed by atoms with Gasteiger partial charge in [-0.2, -0.15) is 0 Å². The van der Waals surface area contributed by atoms with Crippen molar-refractivity contribution in [2.45, 2.75) is 46.0 Å². The summed E-state index contributed by atoms with van der Waals surface area (Å²) in [5.41, 5.74) is -0.708. The van der Waals surface area contributed by atoms with Crippen LogP contribution in [-0.4, -0.2) is 25.2 Å². The van der Waals surface area contributed by atoms with E-state index in [1.54, 1.807) is 13.8 Å². The van der Waals surface area contributed by atoms with Crippen molar-refractivity contribution in [2.24, 2.45) is 5.41 Å². The van der Waals surface area contributed by atoms with Crippen LogP contribution in [0.5, 0.6) is 0 Å². The van der Waals surface area contributed by atoms with E-state index in [0.29, 0.717) is 6.42 Å². The van der Waals surface area contributed by atoms with E-state index in [1.165, 1.54) is 0 Å². The Morgan fingerprint density at radius 3 is 2.25 bits per heavy atom. The fourth-order valence-electron chi connectivity index (χ4n) is 2.49. The minimum atomic E-state index is -1.46. The summed E-state index contributed by atoms with van der Waals surface area (Å²) in [6.07, 6.45) is 10.8. The number of carbonyl (C=O) groups is 2. The number of esters is 2. The molecule has 0 spiro atoms. The molecule has 0 amide bonds. The summed E-state index contributed by atoms with van der Waals surface area (Å²) < 4.78 is 10.2. The smallest absolute Gasteiger partial charge is 0.328 e. The van der Waals surface area contributed by atoms with Gasteiger partial charge in [-0.1, -0.05) is 6.08 Å². The summed E-state index contributed by atoms with van der Waals surface area (Å²) in [5.74, 6) is 1.26. The van der Waals surface area contributed by atoms with Crippen molar-refractivity contribution in [3.8, 4) is 12.3 Å². The third kappa shape index (κ3) is 3.22. The summed E-state index contributed by atoms with van der Waals surface area (Å²) in [6, 6.07) is 0. The number of terminal acetylenes is 1. The van der Waals surface area contributed by atoms with E-state index in [9.17, 15) is 9.59 Å². The van der Waals surface area contributed by atoms with Crippen LogP contribution in [0.25, 0.3) is 0 Å². The Hall–Kier alpha value is -1.76. The van der Waals surface area contributed by atoms with E-state index in [1.807, 2.05) is 6.08 Å². The molecule has 1 aliphatic rings. The van der Waals surface area contributed by atoms with Crippen LogP contribution >= 0.6 is 0 Å². The fraction of sp³-hybridized carbons (Fsp3) is 0.625. The molecule has 0 N–H and O–H groups in total. The van der Waals surface area contributed by atoms with Crippen LogP contribution in [0.15, 0.2) is 11.6 Å². The molecule has 4 heteroatoms. The van der Waals surface area contributed by atoms with Gasteiger partial charge in [-0.15, -0.1) is 12.3 Å². The summed E-state index contributed by atoms with van der Waals surface area (Å²) >= 11 is 0. The molecule has 0 heterocycles. The number of allylic oxidation sites excluding steroid dienone is 1. The molecule has 20 heavy (non-hydrogen) atoms. The zero-order valence-electron chi connectivity index (χ0n) is 12.2. The molecule has 1 aliphatic carbocycles. The molecule has 0 aromatic heterocycles. The number of hydrogen-bond acceptors (Lipinski definition) is 4. The predicted octanol–water partition coefficient (Wildman–Crippen LogP) is 2.62. The monoisotopic (exact) mass is 278 g/mol. The van der Waals surface area contributed by atoms with E-state index < -0.39 is 17.4 Å². The lowest BCUT2D eigenvalue weighted by Crippen LogP contribution is -2.44. The summed E-state index contributed by atoms with van der Waals surface area (Å²) in [7, 11) is 0. The first kappa shape index (κ1) is 16.3. The van der Waals surface area contributed by atoms with Crippen molar-refractivity contribution in [3.63, 3.8) is 0 Å². The van der Waals surface area contributed by atoms with Gasteiger partial charge in [0.1, 0.15) is 0 Å². The molecular formula is C16H22O4. The van der Waals surface area contributed by atoms with E-state index in [0.717, 1.165) is 24.8 Å². The van der Waals surface area contributed by atoms with Crippen molar-refractivity contribution in [1.29, 1.82) is 0 Å². The maximum Gasteiger partial charge on any atom is 0.328 e. The second-order valence-electron chi connectivity index (χ2n) is 4.70. The van der Waals surface area contributed by atoms with Gasteiger partial charge in [0.25, 0.3) is 0 Å². The zero-order valence-corrected chi connectivity index (χ0v) is 12.2. The first-order valence-corrected chi connectivity index (χ1v) is 7.10. The maximum absolute atomic E-state index is 12.4. The van der Waals surface area contributed by atoms with E-state index in [4.69, 9.17) is 15.9 Å². The molecule has 0 atom stereocenters. The standard InChI is InChI=1S/C16H22O4/c1-4-12-16(14(17)19-5-2,15(18)20-6-3)13-10-8-7-9-11-13/h1,10H,5-9,11-12H2,2-3H3. The van der Waals surface area contributed by atoms with Crippen molar-refractivity contribution < 1.29 is 19.1 Å². The summed E-state index contributed by atoms with van der Waals surface area (Å²) in [6.45, 7) is 3.83. The van der Waals surface area contributed by atoms with Crippen LogP contribution in [0.1, 0.15) is 46.0 Å². The van der Waals surface area contributed by atoms with E-state index in [-0.39, 0.29) is 19.6 Å². The topological polar surface area (TPSA) is 52.6 Å². The van der Waals surface area contributed by atoms with Gasteiger partial charge in [-0.3, -0.25) is 9.59 Å². The van der Waals surface area contributed by atoms with Gasteiger partial charge in [0.2, 0.25) is 0 Å². The van der Waals surface area contributed by atoms with Crippen LogP contribution in [0.3, 0.4) is 0 Å². The molecule has 0 radical (unpaired) electrons. The Labute approximate surface area is 120 Å². The second-order valence-corrected chi connectivity index (χ2v) is 4.70. The largest absolute Gasteiger partial charge is 0.465 e. The number of ether oxygens (including phenoxy) is 2. The molecular weight excluding hydrogens is 256 g/mol. The van der Waals surface area contributed by atoms with Gasteiger partial charge in [-0.25, -0.2) is 0 Å². The quantitative estimate of drug-likeness (QED) is 0.324. The Morgan fingerprint density at radius 2 is 1.85 bits per heavy atom. The Balaban J connectivity index is 3.25. The molecule has 0 saturated carbocycles. The maximum atomic E-state index is 12.4. The first-order chi connectivity index (χ1) is 9.63. The van der Waals surface area contributed by atoms with Gasteiger partial charge in [-0.05, 0) is 45.1 Å². The first-order valence-electron chi connectivity index (χ1n) is 7.10. The van der Waals surface area contributed by atoms with Crippen molar-refractivity contribution in [2.75, 3.05) is 13.2 Å². The highest BCUT2D eigenvalue weighted by atomic mass is 16.6. The van der Waals surface area contributed by atoms with Gasteiger partial charge in [0.15, 0.2) is 5.41 Å². The zero-order chi connectivity index (χ0) is 15.0. The Kier molecular flexibility index (Phi) is 6.30. The molecule has 0 unspecified atom stereocenters. The lowest BCUT2D eigenvalue weighted by atomic mass is 9.73. The lowest BCUT2D eigenvalue weighted by Gasteiger charge is -2.31. The van der Waals surface area contributed by atoms with Crippen molar-refractivity contribution in [3.05, 3.63) is 11.6 Å². The van der Waals surface area contributed by atoms with Gasteiger partial charge in [0.05, 0.1) is 13.2 Å². The number of rotatable bonds is 6. The second kappa shape index (κ2) is 7.74. The SMILES string of the molecule is C#CCC(C(=O)OCC)(C(=O)OCC)C1=CCCCC1. The average molecular weight is 278 g/mol. The average Bonchev–Trinajstić information content (AvgIpc) is 2.46. The highest BCUT2D eigenvalue weighted by Crippen LogP contribution is 2.40. The minimum Gasteiger partial charge on any atom is -0.465 e. The Bertz CT molecular complexity index is 410. The minimum absolute atomic E-state index is 0.0174. The van der Waals surface area contributed by atoms with E-state index in [2.05, 4.69) is 5.92 Å². The van der Waals surface area contributed by atoms with Crippen LogP contribution in [0, 0.1) is 17.8 Å². The van der Waals surface area contributed by atoms with Crippen LogP contribution in [0.2, 0.25) is 0 Å². The van der Waals surface area contributed by atoms with Crippen molar-refractivity contribution in [1.82, 2.24) is 0 Å². The lowest BCUT2D eigenvalue weighted by molar-refractivity contribution is -0.168. The third-order valence-corrected chi connectivity index (χ3v) is 3.45. The molecule has 0 bridgehead atoms. The third-order valence-electron chi connectivity index (χ3n) is 3.45. The fourth-order valence-corrected chi connectivity index (χ4v) is 2.49. The number of carbonyl (C=O) groups excluding carboxylic acids is 2. The van der Waals surface area contributed by atoms with E-state index >= 15 is 0 Å². The van der Waals surface area contributed by atoms with Crippen LogP contribution < -0.4 is 0 Å². The van der Waals surface area contributed by atoms with Gasteiger partial charge in [0, 0.05) is 6.42 Å². The summed E-state index contributed by atoms with van der Waals surface area (Å²) in [4.78, 5) is 24.8. The molecule has 0 aromatic carbocycles. The molecule has 0 aromatic rings. The Morgan fingerprint density at radius 1 is 1.25 bits per heavy atom. The molecule has 1 rings (SSSR count). The molecule has 0 fully saturated rings. The predicted molar refractivity (Wildman–Crippen MR) is 75.7 cm³/mol. The highest BCUT2D eigenvalue weighted by Gasteiger charge is 2.51. The number of hydrogen-bond donors (Lipinski definition) is 0. The molecule has 0 saturated heterocycles. The normalized spacial score (nSPS) is 14.9. The van der Waals surface area contributed by atoms with Crippen LogP contribution in [0.4, 0.5) is 0 Å². The van der Waals surface area contributed by atoms with Gasteiger partial charge < -0.3 is 9.47 Å². The van der Waals surface area contributed by atoms with Crippen molar-refractivity contribution >= 4 is 11.9 Å². The van der Waals surface area contributed by atoms with Gasteiger partial charge >= 0.3 is 11.9 Å².